The summed E-state index contributed by atoms with van der Waals surface area (Å²) in [6.45, 7) is 3.69. The Morgan fingerprint density at radius 1 is 1.14 bits per heavy atom. The van der Waals surface area contributed by atoms with Crippen molar-refractivity contribution in [1.29, 1.82) is 0 Å². The molecule has 0 aromatic rings. The lowest BCUT2D eigenvalue weighted by atomic mass is 10.3. The van der Waals surface area contributed by atoms with Gasteiger partial charge in [-0.1, -0.05) is 13.8 Å². The van der Waals surface area contributed by atoms with E-state index < -0.39 is 34.2 Å². The normalized spacial score (nSPS) is 20.6. The SMILES string of the molecule is CC[C@@H](OP(=O)(ON)C(C)(CC)OP(=O)(O)O)P(=O)(O)O. The molecule has 3 atom stereocenters. The maximum absolute atomic E-state index is 12.5. The van der Waals surface area contributed by atoms with Gasteiger partial charge in [-0.2, -0.15) is 0 Å². The third kappa shape index (κ3) is 5.82. The van der Waals surface area contributed by atoms with Gasteiger partial charge in [0.15, 0.2) is 11.2 Å². The molecule has 0 heterocycles. The molecule has 128 valence electrons. The molecule has 21 heavy (non-hydrogen) atoms. The van der Waals surface area contributed by atoms with E-state index in [1.54, 1.807) is 0 Å². The fraction of sp³-hybridized carbons (Fsp3) is 1.00. The quantitative estimate of drug-likeness (QED) is 0.290. The van der Waals surface area contributed by atoms with Crippen molar-refractivity contribution >= 4 is 23.0 Å². The minimum absolute atomic E-state index is 0.243. The van der Waals surface area contributed by atoms with E-state index in [2.05, 4.69) is 9.15 Å². The summed E-state index contributed by atoms with van der Waals surface area (Å²) in [4.78, 5) is 35.9. The maximum atomic E-state index is 12.5. The second-order valence-corrected chi connectivity index (χ2v) is 9.55. The van der Waals surface area contributed by atoms with Crippen LogP contribution in [0.25, 0.3) is 0 Å². The Bertz CT molecular complexity index is 485. The number of phosphoric ester groups is 1. The Kier molecular flexibility index (Phi) is 7.42. The Labute approximate surface area is 121 Å². The monoisotopic (exact) mass is 371 g/mol. The first-order valence-electron chi connectivity index (χ1n) is 5.73. The van der Waals surface area contributed by atoms with Gasteiger partial charge in [0.25, 0.3) is 0 Å². The average molecular weight is 371 g/mol. The molecule has 0 bridgehead atoms. The van der Waals surface area contributed by atoms with E-state index in [0.717, 1.165) is 6.92 Å². The van der Waals surface area contributed by atoms with E-state index in [9.17, 15) is 13.7 Å². The van der Waals surface area contributed by atoms with Gasteiger partial charge in [0.2, 0.25) is 0 Å². The first kappa shape index (κ1) is 21.4. The van der Waals surface area contributed by atoms with E-state index in [1.807, 2.05) is 0 Å². The van der Waals surface area contributed by atoms with Crippen molar-refractivity contribution in [2.75, 3.05) is 0 Å². The zero-order valence-corrected chi connectivity index (χ0v) is 14.3. The molecule has 0 fully saturated rings. The molecule has 0 saturated carbocycles. The van der Waals surface area contributed by atoms with Crippen LogP contribution in [0.5, 0.6) is 0 Å². The van der Waals surface area contributed by atoms with Crippen LogP contribution in [0, 0.1) is 0 Å². The van der Waals surface area contributed by atoms with Crippen LogP contribution in [0.2, 0.25) is 0 Å². The third-order valence-electron chi connectivity index (χ3n) is 2.67. The lowest BCUT2D eigenvalue weighted by Gasteiger charge is -2.35. The van der Waals surface area contributed by atoms with E-state index in [4.69, 9.17) is 30.0 Å². The Hall–Kier alpha value is 0.370. The summed E-state index contributed by atoms with van der Waals surface area (Å²) in [5.74, 6) is 3.04. The van der Waals surface area contributed by atoms with Gasteiger partial charge < -0.3 is 19.6 Å². The summed E-state index contributed by atoms with van der Waals surface area (Å²) in [5.41, 5.74) is 0. The van der Waals surface area contributed by atoms with Crippen molar-refractivity contribution in [2.24, 2.45) is 5.90 Å². The largest absolute Gasteiger partial charge is 0.470 e. The first-order valence-corrected chi connectivity index (χ1v) is 10.5. The number of rotatable bonds is 9. The highest BCUT2D eigenvalue weighted by atomic mass is 31.2. The zero-order valence-electron chi connectivity index (χ0n) is 11.6. The predicted molar refractivity (Wildman–Crippen MR) is 71.9 cm³/mol. The van der Waals surface area contributed by atoms with Gasteiger partial charge >= 0.3 is 23.0 Å². The average Bonchev–Trinajstić information content (AvgIpc) is 2.31. The van der Waals surface area contributed by atoms with Crippen molar-refractivity contribution in [3.63, 3.8) is 0 Å². The number of hydrogen-bond donors (Lipinski definition) is 5. The Morgan fingerprint density at radius 3 is 1.86 bits per heavy atom. The molecule has 0 aromatic heterocycles. The molecular weight excluding hydrogens is 351 g/mol. The van der Waals surface area contributed by atoms with Crippen LogP contribution in [0.4, 0.5) is 0 Å². The summed E-state index contributed by atoms with van der Waals surface area (Å²) in [6.07, 6.45) is -0.516. The highest BCUT2D eigenvalue weighted by Gasteiger charge is 2.54. The second-order valence-electron chi connectivity index (χ2n) is 4.27. The van der Waals surface area contributed by atoms with Gasteiger partial charge in [-0.3, -0.25) is 18.2 Å². The van der Waals surface area contributed by atoms with E-state index >= 15 is 0 Å². The Balaban J connectivity index is 5.65. The van der Waals surface area contributed by atoms with Gasteiger partial charge in [0.1, 0.15) is 0 Å². The van der Waals surface area contributed by atoms with Gasteiger partial charge in [0.05, 0.1) is 0 Å². The molecule has 0 aliphatic carbocycles. The van der Waals surface area contributed by atoms with Gasteiger partial charge in [-0.05, 0) is 19.8 Å². The lowest BCUT2D eigenvalue weighted by molar-refractivity contribution is 0.0568. The van der Waals surface area contributed by atoms with Crippen LogP contribution in [0.1, 0.15) is 33.6 Å². The fourth-order valence-corrected chi connectivity index (χ4v) is 5.40. The topological polar surface area (TPSA) is 186 Å². The number of hydrogen-bond acceptors (Lipinski definition) is 7. The molecule has 11 nitrogen and oxygen atoms in total. The molecule has 0 spiro atoms. The van der Waals surface area contributed by atoms with Crippen molar-refractivity contribution in [1.82, 2.24) is 0 Å². The summed E-state index contributed by atoms with van der Waals surface area (Å²) >= 11 is 0. The standard InChI is InChI=1S/C7H20NO10P3/c1-4-6(19(9,10)11)16-20(12,18-8)7(3,5-2)17-21(13,14)15/h6H,4-5,8H2,1-3H3,(H2,9,10,11)(H2,13,14,15)/t6-,7?,20?/m0/s1. The van der Waals surface area contributed by atoms with Crippen molar-refractivity contribution < 1.29 is 46.9 Å². The number of nitrogens with two attached hydrogens (primary N) is 1. The van der Waals surface area contributed by atoms with Crippen LogP contribution >= 0.6 is 23.0 Å². The lowest BCUT2D eigenvalue weighted by Crippen LogP contribution is -2.32. The molecule has 2 unspecified atom stereocenters. The van der Waals surface area contributed by atoms with Gasteiger partial charge in [-0.15, -0.1) is 0 Å². The molecule has 0 aromatic carbocycles. The smallest absolute Gasteiger partial charge is 0.323 e. The van der Waals surface area contributed by atoms with Crippen molar-refractivity contribution in [3.8, 4) is 0 Å². The van der Waals surface area contributed by atoms with E-state index in [0.29, 0.717) is 0 Å². The van der Waals surface area contributed by atoms with Crippen molar-refractivity contribution in [3.05, 3.63) is 0 Å². The van der Waals surface area contributed by atoms with E-state index in [1.165, 1.54) is 13.8 Å². The van der Waals surface area contributed by atoms with Crippen LogP contribution in [-0.2, 0) is 27.4 Å². The number of phosphoric acid groups is 1. The summed E-state index contributed by atoms with van der Waals surface area (Å²) < 4.78 is 48.1. The van der Waals surface area contributed by atoms with Crippen LogP contribution in [-0.4, -0.2) is 30.8 Å². The molecule has 0 saturated heterocycles. The highest BCUT2D eigenvalue weighted by molar-refractivity contribution is 7.58. The molecular formula is C7H20NO10P3. The van der Waals surface area contributed by atoms with E-state index in [-0.39, 0.29) is 12.8 Å². The summed E-state index contributed by atoms with van der Waals surface area (Å²) in [5, 5.41) is -2.19. The molecule has 0 radical (unpaired) electrons. The molecule has 0 rings (SSSR count). The molecule has 14 heteroatoms. The summed E-state index contributed by atoms with van der Waals surface area (Å²) in [7, 11) is -14.5. The minimum atomic E-state index is -5.09. The molecule has 0 amide bonds. The third-order valence-corrected chi connectivity index (χ3v) is 7.22. The maximum Gasteiger partial charge on any atom is 0.470 e. The van der Waals surface area contributed by atoms with Crippen LogP contribution < -0.4 is 5.90 Å². The predicted octanol–water partition coefficient (Wildman–Crippen LogP) is 1.24. The highest BCUT2D eigenvalue weighted by Crippen LogP contribution is 2.67. The van der Waals surface area contributed by atoms with Gasteiger partial charge in [-0.25, -0.2) is 15.1 Å². The summed E-state index contributed by atoms with van der Waals surface area (Å²) in [6, 6.07) is 0. The van der Waals surface area contributed by atoms with Crippen LogP contribution in [0.15, 0.2) is 0 Å². The van der Waals surface area contributed by atoms with Crippen molar-refractivity contribution in [2.45, 2.75) is 44.8 Å². The zero-order chi connectivity index (χ0) is 17.1. The molecule has 0 aliphatic rings. The van der Waals surface area contributed by atoms with Crippen LogP contribution in [0.3, 0.4) is 0 Å². The molecule has 6 N–H and O–H groups in total. The fourth-order valence-electron chi connectivity index (χ4n) is 1.35. The second kappa shape index (κ2) is 7.29. The molecule has 0 aliphatic heterocycles. The van der Waals surface area contributed by atoms with Gasteiger partial charge in [0, 0.05) is 0 Å². The Morgan fingerprint density at radius 2 is 1.62 bits per heavy atom. The minimum Gasteiger partial charge on any atom is -0.323 e. The first-order chi connectivity index (χ1) is 9.24.